The minimum Gasteiger partial charge on any atom is -0.372 e. The highest BCUT2D eigenvalue weighted by atomic mass is 15.1. The van der Waals surface area contributed by atoms with Crippen LogP contribution in [0.15, 0.2) is 24.3 Å². The second-order valence-corrected chi connectivity index (χ2v) is 6.32. The van der Waals surface area contributed by atoms with E-state index >= 15 is 0 Å². The molecule has 0 radical (unpaired) electrons. The summed E-state index contributed by atoms with van der Waals surface area (Å²) in [4.78, 5) is 2.52. The van der Waals surface area contributed by atoms with Gasteiger partial charge in [0, 0.05) is 30.9 Å². The first kappa shape index (κ1) is 13.4. The Morgan fingerprint density at radius 1 is 1.11 bits per heavy atom. The predicted molar refractivity (Wildman–Crippen MR) is 79.1 cm³/mol. The SMILES string of the molecule is CC(C)(C)NCc1cccc(N2CCCCC2)c1. The maximum Gasteiger partial charge on any atom is 0.0369 e. The number of benzene rings is 1. The summed E-state index contributed by atoms with van der Waals surface area (Å²) in [6.07, 6.45) is 4.07. The average Bonchev–Trinajstić information content (AvgIpc) is 2.37. The summed E-state index contributed by atoms with van der Waals surface area (Å²) in [5, 5.41) is 3.55. The van der Waals surface area contributed by atoms with Gasteiger partial charge in [0.25, 0.3) is 0 Å². The molecule has 1 aromatic carbocycles. The fourth-order valence-electron chi connectivity index (χ4n) is 2.38. The number of piperidine rings is 1. The smallest absolute Gasteiger partial charge is 0.0369 e. The van der Waals surface area contributed by atoms with E-state index in [2.05, 4.69) is 55.3 Å². The number of hydrogen-bond acceptors (Lipinski definition) is 2. The van der Waals surface area contributed by atoms with Gasteiger partial charge in [-0.25, -0.2) is 0 Å². The van der Waals surface area contributed by atoms with Crippen molar-refractivity contribution < 1.29 is 0 Å². The van der Waals surface area contributed by atoms with Crippen LogP contribution in [0.1, 0.15) is 45.6 Å². The lowest BCUT2D eigenvalue weighted by molar-refractivity contribution is 0.424. The van der Waals surface area contributed by atoms with Gasteiger partial charge < -0.3 is 10.2 Å². The van der Waals surface area contributed by atoms with Crippen molar-refractivity contribution in [3.8, 4) is 0 Å². The Bertz CT molecular complexity index is 373. The van der Waals surface area contributed by atoms with Gasteiger partial charge in [0.1, 0.15) is 0 Å². The highest BCUT2D eigenvalue weighted by Gasteiger charge is 2.12. The highest BCUT2D eigenvalue weighted by Crippen LogP contribution is 2.21. The summed E-state index contributed by atoms with van der Waals surface area (Å²) in [6, 6.07) is 8.98. The van der Waals surface area contributed by atoms with E-state index in [0.717, 1.165) is 6.54 Å². The van der Waals surface area contributed by atoms with E-state index in [-0.39, 0.29) is 5.54 Å². The number of nitrogens with one attached hydrogen (secondary N) is 1. The Morgan fingerprint density at radius 3 is 2.50 bits per heavy atom. The Morgan fingerprint density at radius 2 is 1.83 bits per heavy atom. The Balaban J connectivity index is 2.00. The van der Waals surface area contributed by atoms with Crippen LogP contribution in [-0.4, -0.2) is 18.6 Å². The van der Waals surface area contributed by atoms with Crippen molar-refractivity contribution in [1.82, 2.24) is 5.32 Å². The molecule has 0 saturated carbocycles. The maximum absolute atomic E-state index is 3.55. The van der Waals surface area contributed by atoms with Crippen molar-refractivity contribution in [2.75, 3.05) is 18.0 Å². The molecular formula is C16H26N2. The van der Waals surface area contributed by atoms with Crippen molar-refractivity contribution in [2.45, 2.75) is 52.1 Å². The molecule has 0 aliphatic carbocycles. The molecule has 0 amide bonds. The van der Waals surface area contributed by atoms with Gasteiger partial charge in [-0.15, -0.1) is 0 Å². The van der Waals surface area contributed by atoms with Crippen LogP contribution in [0.2, 0.25) is 0 Å². The Labute approximate surface area is 111 Å². The second-order valence-electron chi connectivity index (χ2n) is 6.32. The van der Waals surface area contributed by atoms with Gasteiger partial charge in [-0.2, -0.15) is 0 Å². The summed E-state index contributed by atoms with van der Waals surface area (Å²) in [6.45, 7) is 10.0. The molecule has 1 saturated heterocycles. The van der Waals surface area contributed by atoms with E-state index in [9.17, 15) is 0 Å². The van der Waals surface area contributed by atoms with Gasteiger partial charge in [0.2, 0.25) is 0 Å². The zero-order chi connectivity index (χ0) is 13.0. The monoisotopic (exact) mass is 246 g/mol. The van der Waals surface area contributed by atoms with E-state index in [1.807, 2.05) is 0 Å². The van der Waals surface area contributed by atoms with Crippen LogP contribution in [-0.2, 0) is 6.54 Å². The number of hydrogen-bond donors (Lipinski definition) is 1. The molecule has 0 unspecified atom stereocenters. The van der Waals surface area contributed by atoms with Crippen molar-refractivity contribution in [3.63, 3.8) is 0 Å². The van der Waals surface area contributed by atoms with Gasteiger partial charge in [0.05, 0.1) is 0 Å². The molecule has 1 aromatic rings. The predicted octanol–water partition coefficient (Wildman–Crippen LogP) is 3.57. The van der Waals surface area contributed by atoms with Crippen molar-refractivity contribution in [2.24, 2.45) is 0 Å². The van der Waals surface area contributed by atoms with Crippen LogP contribution in [0.3, 0.4) is 0 Å². The standard InChI is InChI=1S/C16H26N2/c1-16(2,3)17-13-14-8-7-9-15(12-14)18-10-5-4-6-11-18/h7-9,12,17H,4-6,10-11,13H2,1-3H3. The van der Waals surface area contributed by atoms with Gasteiger partial charge in [-0.1, -0.05) is 12.1 Å². The first-order valence-electron chi connectivity index (χ1n) is 7.13. The number of rotatable bonds is 3. The van der Waals surface area contributed by atoms with Crippen LogP contribution < -0.4 is 10.2 Å². The fourth-order valence-corrected chi connectivity index (χ4v) is 2.38. The zero-order valence-corrected chi connectivity index (χ0v) is 12.0. The first-order valence-corrected chi connectivity index (χ1v) is 7.13. The molecule has 100 valence electrons. The van der Waals surface area contributed by atoms with Crippen LogP contribution in [0.4, 0.5) is 5.69 Å². The maximum atomic E-state index is 3.55. The van der Waals surface area contributed by atoms with Crippen LogP contribution in [0, 0.1) is 0 Å². The van der Waals surface area contributed by atoms with Crippen molar-refractivity contribution >= 4 is 5.69 Å². The van der Waals surface area contributed by atoms with Crippen LogP contribution in [0.25, 0.3) is 0 Å². The summed E-state index contributed by atoms with van der Waals surface area (Å²) >= 11 is 0. The Kier molecular flexibility index (Phi) is 4.28. The topological polar surface area (TPSA) is 15.3 Å². The molecule has 0 bridgehead atoms. The minimum absolute atomic E-state index is 0.182. The lowest BCUT2D eigenvalue weighted by Crippen LogP contribution is -2.35. The molecule has 2 rings (SSSR count). The van der Waals surface area contributed by atoms with E-state index in [0.29, 0.717) is 0 Å². The van der Waals surface area contributed by atoms with Crippen LogP contribution >= 0.6 is 0 Å². The molecule has 1 aliphatic heterocycles. The van der Waals surface area contributed by atoms with Crippen molar-refractivity contribution in [3.05, 3.63) is 29.8 Å². The molecule has 1 N–H and O–H groups in total. The Hall–Kier alpha value is -1.02. The molecule has 0 atom stereocenters. The normalized spacial score (nSPS) is 16.9. The summed E-state index contributed by atoms with van der Waals surface area (Å²) in [5.74, 6) is 0. The second kappa shape index (κ2) is 5.75. The van der Waals surface area contributed by atoms with Crippen LogP contribution in [0.5, 0.6) is 0 Å². The molecule has 0 aromatic heterocycles. The van der Waals surface area contributed by atoms with E-state index in [1.54, 1.807) is 0 Å². The van der Waals surface area contributed by atoms with E-state index in [4.69, 9.17) is 0 Å². The van der Waals surface area contributed by atoms with E-state index < -0.39 is 0 Å². The zero-order valence-electron chi connectivity index (χ0n) is 12.0. The van der Waals surface area contributed by atoms with Gasteiger partial charge >= 0.3 is 0 Å². The molecule has 1 fully saturated rings. The van der Waals surface area contributed by atoms with Gasteiger partial charge in [0.15, 0.2) is 0 Å². The largest absolute Gasteiger partial charge is 0.372 e. The third-order valence-corrected chi connectivity index (χ3v) is 3.45. The number of nitrogens with zero attached hydrogens (tertiary/aromatic N) is 1. The van der Waals surface area contributed by atoms with E-state index in [1.165, 1.54) is 43.6 Å². The molecule has 18 heavy (non-hydrogen) atoms. The highest BCUT2D eigenvalue weighted by molar-refractivity contribution is 5.48. The van der Waals surface area contributed by atoms with Gasteiger partial charge in [-0.05, 0) is 57.7 Å². The minimum atomic E-state index is 0.182. The van der Waals surface area contributed by atoms with Gasteiger partial charge in [-0.3, -0.25) is 0 Å². The molecule has 2 heteroatoms. The molecule has 0 spiro atoms. The molecular weight excluding hydrogens is 220 g/mol. The first-order chi connectivity index (χ1) is 8.54. The summed E-state index contributed by atoms with van der Waals surface area (Å²) in [5.41, 5.74) is 2.96. The molecule has 2 nitrogen and oxygen atoms in total. The molecule has 1 aliphatic rings. The third kappa shape index (κ3) is 4.02. The average molecular weight is 246 g/mol. The summed E-state index contributed by atoms with van der Waals surface area (Å²) < 4.78 is 0. The molecule has 1 heterocycles. The quantitative estimate of drug-likeness (QED) is 0.877. The summed E-state index contributed by atoms with van der Waals surface area (Å²) in [7, 11) is 0. The van der Waals surface area contributed by atoms with Crippen molar-refractivity contribution in [1.29, 1.82) is 0 Å². The third-order valence-electron chi connectivity index (χ3n) is 3.45. The fraction of sp³-hybridized carbons (Fsp3) is 0.625. The lowest BCUT2D eigenvalue weighted by Gasteiger charge is -2.29. The number of anilines is 1. The lowest BCUT2D eigenvalue weighted by atomic mass is 10.1.